The quantitative estimate of drug-likeness (QED) is 0.293. The van der Waals surface area contributed by atoms with E-state index in [-0.39, 0.29) is 23.3 Å². The topological polar surface area (TPSA) is 74.8 Å². The van der Waals surface area contributed by atoms with Gasteiger partial charge in [0.25, 0.3) is 0 Å². The minimum absolute atomic E-state index is 0.0854. The Balaban J connectivity index is 1.73. The largest absolute Gasteiger partial charge is 0.381 e. The number of pyridine rings is 1. The van der Waals surface area contributed by atoms with Crippen molar-refractivity contribution in [2.75, 3.05) is 13.2 Å². The van der Waals surface area contributed by atoms with Crippen molar-refractivity contribution in [3.05, 3.63) is 77.4 Å². The number of aryl methyl sites for hydroxylation is 2. The fraction of sp³-hybridized carbons (Fsp3) is 0.310. The molecule has 1 aliphatic rings. The van der Waals surface area contributed by atoms with Crippen LogP contribution < -0.4 is 0 Å². The van der Waals surface area contributed by atoms with Crippen LogP contribution >= 0.6 is 0 Å². The highest BCUT2D eigenvalue weighted by Crippen LogP contribution is 2.42. The summed E-state index contributed by atoms with van der Waals surface area (Å²) in [6, 6.07) is 15.5. The van der Waals surface area contributed by atoms with Crippen molar-refractivity contribution < 1.29 is 13.9 Å². The Labute approximate surface area is 213 Å². The van der Waals surface area contributed by atoms with Crippen LogP contribution in [-0.4, -0.2) is 43.5 Å². The van der Waals surface area contributed by atoms with Crippen LogP contribution in [0.2, 0.25) is 0 Å². The van der Waals surface area contributed by atoms with Gasteiger partial charge in [0, 0.05) is 37.4 Å². The number of hydrogen-bond donors (Lipinski definition) is 0. The zero-order valence-corrected chi connectivity index (χ0v) is 21.1. The third-order valence-corrected chi connectivity index (χ3v) is 7.52. The Bertz CT molecular complexity index is 1610. The number of ether oxygens (including phenoxy) is 1. The Morgan fingerprint density at radius 2 is 1.89 bits per heavy atom. The average molecular weight is 498 g/mol. The number of Topliss-reactive ketones (excluding diaryl/α,β-unsaturated/α-hetero) is 1. The van der Waals surface area contributed by atoms with E-state index in [0.29, 0.717) is 29.6 Å². The van der Waals surface area contributed by atoms with Crippen molar-refractivity contribution >= 4 is 27.7 Å². The van der Waals surface area contributed by atoms with Crippen molar-refractivity contribution in [2.45, 2.75) is 32.7 Å². The second-order valence-electron chi connectivity index (χ2n) is 9.79. The van der Waals surface area contributed by atoms with Crippen LogP contribution in [0.3, 0.4) is 0 Å². The number of carbonyl (C=O) groups excluding carboxylic acids is 1. The molecule has 2 aromatic carbocycles. The first-order valence-corrected chi connectivity index (χ1v) is 12.6. The van der Waals surface area contributed by atoms with E-state index in [0.717, 1.165) is 40.9 Å². The molecule has 5 aromatic rings. The average Bonchev–Trinajstić information content (AvgIpc) is 3.42. The smallest absolute Gasteiger partial charge is 0.162 e. The fourth-order valence-corrected chi connectivity index (χ4v) is 5.82. The lowest BCUT2D eigenvalue weighted by molar-refractivity contribution is 0.0552. The SMILES string of the molecule is CC(=O)c1ccc2c3ncc(-c4c(C)nnn4C)cc3n(C(c3ccccc3)C3CCOCC3)c2c1F. The molecule has 1 aliphatic heterocycles. The minimum atomic E-state index is -0.504. The molecule has 0 bridgehead atoms. The molecular weight excluding hydrogens is 469 g/mol. The summed E-state index contributed by atoms with van der Waals surface area (Å²) in [4.78, 5) is 17.2. The number of nitrogens with zero attached hydrogens (tertiary/aromatic N) is 5. The first kappa shape index (κ1) is 23.5. The van der Waals surface area contributed by atoms with Gasteiger partial charge in [-0.25, -0.2) is 9.07 Å². The van der Waals surface area contributed by atoms with Gasteiger partial charge in [0.15, 0.2) is 11.6 Å². The molecule has 7 nitrogen and oxygen atoms in total. The highest BCUT2D eigenvalue weighted by molar-refractivity contribution is 6.09. The van der Waals surface area contributed by atoms with Gasteiger partial charge in [-0.15, -0.1) is 5.10 Å². The predicted octanol–water partition coefficient (Wildman–Crippen LogP) is 5.65. The minimum Gasteiger partial charge on any atom is -0.381 e. The van der Waals surface area contributed by atoms with E-state index >= 15 is 4.39 Å². The third-order valence-electron chi connectivity index (χ3n) is 7.52. The van der Waals surface area contributed by atoms with Crippen LogP contribution in [0.25, 0.3) is 33.2 Å². The molecule has 0 spiro atoms. The summed E-state index contributed by atoms with van der Waals surface area (Å²) >= 11 is 0. The second kappa shape index (κ2) is 9.19. The highest BCUT2D eigenvalue weighted by atomic mass is 19.1. The number of ketones is 1. The van der Waals surface area contributed by atoms with Gasteiger partial charge in [-0.05, 0) is 56.4 Å². The van der Waals surface area contributed by atoms with E-state index < -0.39 is 5.82 Å². The van der Waals surface area contributed by atoms with Crippen LogP contribution in [-0.2, 0) is 11.8 Å². The van der Waals surface area contributed by atoms with Crippen molar-refractivity contribution in [3.8, 4) is 11.3 Å². The third kappa shape index (κ3) is 3.83. The molecule has 0 saturated carbocycles. The summed E-state index contributed by atoms with van der Waals surface area (Å²) in [6.07, 6.45) is 3.50. The maximum atomic E-state index is 16.2. The van der Waals surface area contributed by atoms with Crippen molar-refractivity contribution in [1.29, 1.82) is 0 Å². The van der Waals surface area contributed by atoms with E-state index in [1.807, 2.05) is 38.2 Å². The van der Waals surface area contributed by atoms with Crippen molar-refractivity contribution in [2.24, 2.45) is 13.0 Å². The zero-order valence-electron chi connectivity index (χ0n) is 21.1. The van der Waals surface area contributed by atoms with Crippen LogP contribution in [0.15, 0.2) is 54.7 Å². The monoisotopic (exact) mass is 497 g/mol. The van der Waals surface area contributed by atoms with Gasteiger partial charge < -0.3 is 9.30 Å². The van der Waals surface area contributed by atoms with Gasteiger partial charge in [-0.2, -0.15) is 0 Å². The van der Waals surface area contributed by atoms with Gasteiger partial charge in [0.05, 0.1) is 39.5 Å². The zero-order chi connectivity index (χ0) is 25.7. The van der Waals surface area contributed by atoms with Crippen LogP contribution in [0.1, 0.15) is 47.4 Å². The molecule has 1 fully saturated rings. The molecule has 1 saturated heterocycles. The van der Waals surface area contributed by atoms with Gasteiger partial charge in [0.1, 0.15) is 0 Å². The number of halogens is 1. The maximum absolute atomic E-state index is 16.2. The highest BCUT2D eigenvalue weighted by Gasteiger charge is 2.32. The molecule has 37 heavy (non-hydrogen) atoms. The Morgan fingerprint density at radius 3 is 2.57 bits per heavy atom. The Morgan fingerprint density at radius 1 is 1.14 bits per heavy atom. The number of rotatable bonds is 5. The van der Waals surface area contributed by atoms with Gasteiger partial charge in [0.2, 0.25) is 0 Å². The molecule has 0 aliphatic carbocycles. The summed E-state index contributed by atoms with van der Waals surface area (Å²) in [5.41, 5.74) is 5.60. The first-order chi connectivity index (χ1) is 18.0. The summed E-state index contributed by atoms with van der Waals surface area (Å²) in [6.45, 7) is 4.64. The van der Waals surface area contributed by atoms with E-state index in [9.17, 15) is 4.79 Å². The lowest BCUT2D eigenvalue weighted by Gasteiger charge is -2.33. The molecule has 8 heteroatoms. The van der Waals surface area contributed by atoms with Crippen LogP contribution in [0.5, 0.6) is 0 Å². The molecule has 1 atom stereocenters. The summed E-state index contributed by atoms with van der Waals surface area (Å²) in [5, 5.41) is 9.06. The molecular formula is C29H28FN5O2. The fourth-order valence-electron chi connectivity index (χ4n) is 5.82. The lowest BCUT2D eigenvalue weighted by Crippen LogP contribution is -2.27. The molecule has 6 rings (SSSR count). The predicted molar refractivity (Wildman–Crippen MR) is 140 cm³/mol. The first-order valence-electron chi connectivity index (χ1n) is 12.6. The number of carbonyl (C=O) groups is 1. The second-order valence-corrected chi connectivity index (χ2v) is 9.79. The number of hydrogen-bond acceptors (Lipinski definition) is 5. The van der Waals surface area contributed by atoms with E-state index in [2.05, 4.69) is 33.1 Å². The molecule has 0 N–H and O–H groups in total. The van der Waals surface area contributed by atoms with E-state index in [4.69, 9.17) is 9.72 Å². The van der Waals surface area contributed by atoms with E-state index in [1.165, 1.54) is 6.92 Å². The standard InChI is InChI=1S/C29H28FN5O2/c1-17-27(34(3)33-32-17)21-15-24-26(31-16-21)23-10-9-22(18(2)36)25(30)29(23)35(24)28(19-7-5-4-6-8-19)20-11-13-37-14-12-20/h4-10,15-16,20,28H,11-14H2,1-3H3. The normalized spacial score (nSPS) is 15.5. The van der Waals surface area contributed by atoms with Crippen molar-refractivity contribution in [1.82, 2.24) is 24.5 Å². The molecule has 3 aromatic heterocycles. The summed E-state index contributed by atoms with van der Waals surface area (Å²) in [7, 11) is 1.85. The van der Waals surface area contributed by atoms with Crippen LogP contribution in [0, 0.1) is 18.7 Å². The Hall–Kier alpha value is -3.91. The summed E-state index contributed by atoms with van der Waals surface area (Å²) < 4.78 is 25.7. The molecule has 1 unspecified atom stereocenters. The molecule has 0 amide bonds. The lowest BCUT2D eigenvalue weighted by atomic mass is 9.86. The van der Waals surface area contributed by atoms with Crippen molar-refractivity contribution in [3.63, 3.8) is 0 Å². The van der Waals surface area contributed by atoms with Gasteiger partial charge in [-0.3, -0.25) is 9.78 Å². The van der Waals surface area contributed by atoms with Gasteiger partial charge in [-0.1, -0.05) is 35.5 Å². The number of fused-ring (bicyclic) bond motifs is 3. The molecule has 188 valence electrons. The van der Waals surface area contributed by atoms with E-state index in [1.54, 1.807) is 16.9 Å². The van der Waals surface area contributed by atoms with Crippen LogP contribution in [0.4, 0.5) is 4.39 Å². The molecule has 4 heterocycles. The maximum Gasteiger partial charge on any atom is 0.162 e. The summed E-state index contributed by atoms with van der Waals surface area (Å²) in [5.74, 6) is -0.584. The van der Waals surface area contributed by atoms with Gasteiger partial charge >= 0.3 is 0 Å². The molecule has 0 radical (unpaired) electrons. The Kier molecular flexibility index (Phi) is 5.83. The number of benzene rings is 2. The number of aromatic nitrogens is 5.